The number of unbranched alkanes of at least 4 members (excludes halogenated alkanes) is 9. The lowest BCUT2D eigenvalue weighted by molar-refractivity contribution is 0.110. The molecule has 0 amide bonds. The quantitative estimate of drug-likeness (QED) is 0.402. The monoisotopic (exact) mass is 318 g/mol. The molecule has 0 heterocycles. The lowest BCUT2D eigenvalue weighted by Gasteiger charge is -2.09. The summed E-state index contributed by atoms with van der Waals surface area (Å²) >= 11 is 0. The van der Waals surface area contributed by atoms with E-state index in [2.05, 4.69) is 13.8 Å². The van der Waals surface area contributed by atoms with Gasteiger partial charge in [-0.2, -0.15) is 0 Å². The van der Waals surface area contributed by atoms with Crippen LogP contribution in [0.5, 0.6) is 0 Å². The summed E-state index contributed by atoms with van der Waals surface area (Å²) in [6.45, 7) is 5.88. The average Bonchev–Trinajstić information content (AvgIpc) is 2.51. The number of hydrogen-bond donors (Lipinski definition) is 3. The van der Waals surface area contributed by atoms with Gasteiger partial charge in [0.25, 0.3) is 0 Å². The minimum Gasteiger partial charge on any atom is -0.394 e. The highest BCUT2D eigenvalue weighted by Gasteiger charge is 2.03. The summed E-state index contributed by atoms with van der Waals surface area (Å²) in [6.07, 6.45) is 16.0. The summed E-state index contributed by atoms with van der Waals surface area (Å²) in [7, 11) is 0. The van der Waals surface area contributed by atoms with Gasteiger partial charge in [-0.1, -0.05) is 84.5 Å². The van der Waals surface area contributed by atoms with Gasteiger partial charge in [0.05, 0.1) is 18.8 Å². The maximum absolute atomic E-state index is 9.79. The number of aliphatic hydroxyl groups is 3. The molecule has 0 aliphatic carbocycles. The molecule has 0 aromatic heterocycles. The van der Waals surface area contributed by atoms with Crippen molar-refractivity contribution >= 4 is 0 Å². The maximum atomic E-state index is 9.79. The summed E-state index contributed by atoms with van der Waals surface area (Å²) in [5, 5.41) is 25.8. The summed E-state index contributed by atoms with van der Waals surface area (Å²) in [5.74, 6) is 0. The lowest BCUT2D eigenvalue weighted by atomic mass is 10.0. The van der Waals surface area contributed by atoms with E-state index in [9.17, 15) is 5.11 Å². The van der Waals surface area contributed by atoms with E-state index >= 15 is 0 Å². The van der Waals surface area contributed by atoms with Crippen molar-refractivity contribution < 1.29 is 15.3 Å². The highest BCUT2D eigenvalue weighted by atomic mass is 16.3. The molecule has 2 atom stereocenters. The molecule has 0 bridgehead atoms. The van der Waals surface area contributed by atoms with Crippen LogP contribution in [-0.2, 0) is 0 Å². The third-order valence-corrected chi connectivity index (χ3v) is 3.80. The molecule has 3 nitrogen and oxygen atoms in total. The van der Waals surface area contributed by atoms with E-state index in [1.54, 1.807) is 0 Å². The van der Waals surface area contributed by atoms with Gasteiger partial charge in [-0.15, -0.1) is 0 Å². The number of rotatable bonds is 14. The Bertz CT molecular complexity index is 184. The van der Waals surface area contributed by atoms with Crippen molar-refractivity contribution in [1.82, 2.24) is 0 Å². The second-order valence-corrected chi connectivity index (χ2v) is 6.44. The Labute approximate surface area is 139 Å². The molecule has 22 heavy (non-hydrogen) atoms. The number of aliphatic hydroxyl groups excluding tert-OH is 3. The highest BCUT2D eigenvalue weighted by Crippen LogP contribution is 2.13. The molecule has 3 heteroatoms. The zero-order valence-corrected chi connectivity index (χ0v) is 15.4. The van der Waals surface area contributed by atoms with Crippen molar-refractivity contribution in [3.05, 3.63) is 0 Å². The highest BCUT2D eigenvalue weighted by molar-refractivity contribution is 4.57. The first-order chi connectivity index (χ1) is 10.6. The first-order valence-electron chi connectivity index (χ1n) is 9.55. The molecule has 0 aromatic rings. The van der Waals surface area contributed by atoms with Gasteiger partial charge >= 0.3 is 0 Å². The molecular formula is C19H42O3. The van der Waals surface area contributed by atoms with E-state index in [-0.39, 0.29) is 12.7 Å². The smallest absolute Gasteiger partial charge is 0.0742 e. The van der Waals surface area contributed by atoms with E-state index < -0.39 is 6.10 Å². The van der Waals surface area contributed by atoms with E-state index in [1.165, 1.54) is 77.6 Å². The van der Waals surface area contributed by atoms with Gasteiger partial charge < -0.3 is 15.3 Å². The van der Waals surface area contributed by atoms with E-state index in [1.807, 2.05) is 0 Å². The molecule has 3 N–H and O–H groups in total. The first kappa shape index (κ1) is 24.1. The van der Waals surface area contributed by atoms with Crippen LogP contribution in [0, 0.1) is 0 Å². The average molecular weight is 319 g/mol. The van der Waals surface area contributed by atoms with Gasteiger partial charge in [0.1, 0.15) is 0 Å². The standard InChI is InChI=1S/C16H34O.C3H8O2/c1-3-5-7-9-10-11-13-15-16(17)14-12-8-6-4-2;1-3(5)2-4/h16-17H,3-15H2,1-2H3;3-5H,2H2,1H3. The second kappa shape index (κ2) is 20.9. The molecule has 0 aromatic carbocycles. The van der Waals surface area contributed by atoms with Crippen molar-refractivity contribution in [3.63, 3.8) is 0 Å². The van der Waals surface area contributed by atoms with Gasteiger partial charge in [0, 0.05) is 0 Å². The van der Waals surface area contributed by atoms with Crippen molar-refractivity contribution in [1.29, 1.82) is 0 Å². The SMILES string of the molecule is CC(O)CO.CCCCCCCCCC(O)CCCCCC. The summed E-state index contributed by atoms with van der Waals surface area (Å²) in [4.78, 5) is 0. The molecular weight excluding hydrogens is 276 g/mol. The maximum Gasteiger partial charge on any atom is 0.0742 e. The third kappa shape index (κ3) is 24.9. The Morgan fingerprint density at radius 1 is 0.636 bits per heavy atom. The van der Waals surface area contributed by atoms with E-state index in [0.29, 0.717) is 0 Å². The van der Waals surface area contributed by atoms with Gasteiger partial charge in [-0.25, -0.2) is 0 Å². The van der Waals surface area contributed by atoms with Gasteiger partial charge in [0.15, 0.2) is 0 Å². The van der Waals surface area contributed by atoms with Crippen LogP contribution >= 0.6 is 0 Å². The normalized spacial score (nSPS) is 13.4. The molecule has 0 saturated carbocycles. The Kier molecular flexibility index (Phi) is 22.9. The van der Waals surface area contributed by atoms with Crippen LogP contribution in [0.4, 0.5) is 0 Å². The molecule has 0 saturated heterocycles. The summed E-state index contributed by atoms with van der Waals surface area (Å²) < 4.78 is 0. The van der Waals surface area contributed by atoms with E-state index in [4.69, 9.17) is 10.2 Å². The second-order valence-electron chi connectivity index (χ2n) is 6.44. The largest absolute Gasteiger partial charge is 0.394 e. The Morgan fingerprint density at radius 2 is 0.955 bits per heavy atom. The van der Waals surface area contributed by atoms with Crippen molar-refractivity contribution in [2.24, 2.45) is 0 Å². The van der Waals surface area contributed by atoms with Crippen molar-refractivity contribution in [3.8, 4) is 0 Å². The van der Waals surface area contributed by atoms with Crippen LogP contribution in [0.25, 0.3) is 0 Å². The predicted octanol–water partition coefficient (Wildman–Crippen LogP) is 4.82. The van der Waals surface area contributed by atoms with Crippen LogP contribution in [0.15, 0.2) is 0 Å². The van der Waals surface area contributed by atoms with Crippen LogP contribution < -0.4 is 0 Å². The van der Waals surface area contributed by atoms with Gasteiger partial charge in [-0.05, 0) is 19.8 Å². The van der Waals surface area contributed by atoms with Crippen LogP contribution in [-0.4, -0.2) is 34.1 Å². The first-order valence-corrected chi connectivity index (χ1v) is 9.55. The van der Waals surface area contributed by atoms with Crippen LogP contribution in [0.3, 0.4) is 0 Å². The summed E-state index contributed by atoms with van der Waals surface area (Å²) in [5.41, 5.74) is 0. The van der Waals surface area contributed by atoms with Crippen LogP contribution in [0.2, 0.25) is 0 Å². The fraction of sp³-hybridized carbons (Fsp3) is 1.00. The molecule has 0 spiro atoms. The molecule has 0 rings (SSSR count). The molecule has 136 valence electrons. The van der Waals surface area contributed by atoms with Crippen molar-refractivity contribution in [2.45, 2.75) is 116 Å². The Hall–Kier alpha value is -0.120. The number of hydrogen-bond acceptors (Lipinski definition) is 3. The third-order valence-electron chi connectivity index (χ3n) is 3.80. The Balaban J connectivity index is 0. The zero-order valence-electron chi connectivity index (χ0n) is 15.4. The minimum absolute atomic E-state index is 0.0255. The fourth-order valence-corrected chi connectivity index (χ4v) is 2.29. The topological polar surface area (TPSA) is 60.7 Å². The molecule has 0 fully saturated rings. The van der Waals surface area contributed by atoms with E-state index in [0.717, 1.165) is 12.8 Å². The van der Waals surface area contributed by atoms with Gasteiger partial charge in [0.2, 0.25) is 0 Å². The summed E-state index contributed by atoms with van der Waals surface area (Å²) in [6, 6.07) is 0. The zero-order chi connectivity index (χ0) is 17.1. The predicted molar refractivity (Wildman–Crippen MR) is 96.1 cm³/mol. The lowest BCUT2D eigenvalue weighted by Crippen LogP contribution is -2.05. The molecule has 0 aliphatic heterocycles. The molecule has 0 aliphatic rings. The van der Waals surface area contributed by atoms with Crippen LogP contribution in [0.1, 0.15) is 104 Å². The van der Waals surface area contributed by atoms with Crippen molar-refractivity contribution in [2.75, 3.05) is 6.61 Å². The molecule has 0 radical (unpaired) electrons. The Morgan fingerprint density at radius 3 is 1.32 bits per heavy atom. The minimum atomic E-state index is -0.560. The molecule has 2 unspecified atom stereocenters. The van der Waals surface area contributed by atoms with Gasteiger partial charge in [-0.3, -0.25) is 0 Å². The fourth-order valence-electron chi connectivity index (χ4n) is 2.29.